The minimum absolute atomic E-state index is 0.229. The first-order valence-electron chi connectivity index (χ1n) is 11.8. The molecule has 1 aromatic heterocycles. The van der Waals surface area contributed by atoms with Gasteiger partial charge in [0.25, 0.3) is 11.5 Å². The Morgan fingerprint density at radius 1 is 1.03 bits per heavy atom. The van der Waals surface area contributed by atoms with Gasteiger partial charge < -0.3 is 14.4 Å². The highest BCUT2D eigenvalue weighted by Gasteiger charge is 2.28. The summed E-state index contributed by atoms with van der Waals surface area (Å²) in [4.78, 5) is 34.1. The molecule has 9 heteroatoms. The van der Waals surface area contributed by atoms with Crippen LogP contribution < -0.4 is 10.3 Å². The molecule has 37 heavy (non-hydrogen) atoms. The molecule has 1 atom stereocenters. The third-order valence-electron chi connectivity index (χ3n) is 6.09. The number of carbonyl (C=O) groups excluding carboxylic acids is 1. The second kappa shape index (κ2) is 11.8. The largest absolute Gasteiger partial charge is 0.497 e. The fraction of sp³-hybridized carbons (Fsp3) is 0.250. The molecule has 0 aliphatic heterocycles. The van der Waals surface area contributed by atoms with Gasteiger partial charge in [-0.3, -0.25) is 14.2 Å². The number of benzene rings is 3. The van der Waals surface area contributed by atoms with E-state index in [0.717, 1.165) is 0 Å². The fourth-order valence-corrected chi connectivity index (χ4v) is 4.77. The van der Waals surface area contributed by atoms with E-state index in [-0.39, 0.29) is 11.5 Å². The van der Waals surface area contributed by atoms with Gasteiger partial charge in [0.15, 0.2) is 0 Å². The number of ether oxygens (including phenoxy) is 2. The summed E-state index contributed by atoms with van der Waals surface area (Å²) < 4.78 is 12.1. The predicted molar refractivity (Wildman–Crippen MR) is 146 cm³/mol. The van der Waals surface area contributed by atoms with E-state index >= 15 is 0 Å². The Labute approximate surface area is 225 Å². The quantitative estimate of drug-likeness (QED) is 0.246. The Kier molecular flexibility index (Phi) is 8.48. The number of carbonyl (C=O) groups is 1. The normalized spacial score (nSPS) is 11.9. The van der Waals surface area contributed by atoms with Crippen molar-refractivity contribution in [3.63, 3.8) is 0 Å². The van der Waals surface area contributed by atoms with Gasteiger partial charge in [-0.15, -0.1) is 0 Å². The van der Waals surface area contributed by atoms with E-state index < -0.39 is 6.04 Å². The van der Waals surface area contributed by atoms with Crippen LogP contribution in [0.2, 0.25) is 10.0 Å². The molecule has 4 rings (SSSR count). The summed E-state index contributed by atoms with van der Waals surface area (Å²) >= 11 is 12.4. The number of nitrogens with zero attached hydrogens (tertiary/aromatic N) is 3. The summed E-state index contributed by atoms with van der Waals surface area (Å²) in [6.45, 7) is 2.68. The molecule has 0 aliphatic rings. The SMILES string of the molecule is COCCCN(C(=O)c1cc(Cl)cc(Cl)c1)C(C)c1nc2ccccc2c(=O)n1-c1ccc(OC)cc1. The lowest BCUT2D eigenvalue weighted by Gasteiger charge is -2.31. The van der Waals surface area contributed by atoms with Gasteiger partial charge >= 0.3 is 0 Å². The molecule has 4 aromatic rings. The minimum Gasteiger partial charge on any atom is -0.497 e. The third-order valence-corrected chi connectivity index (χ3v) is 6.53. The van der Waals surface area contributed by atoms with Crippen LogP contribution in [0.3, 0.4) is 0 Å². The Morgan fingerprint density at radius 2 is 1.70 bits per heavy atom. The summed E-state index contributed by atoms with van der Waals surface area (Å²) in [5.41, 5.74) is 1.28. The zero-order valence-electron chi connectivity index (χ0n) is 20.8. The summed E-state index contributed by atoms with van der Waals surface area (Å²) in [5, 5.41) is 1.20. The van der Waals surface area contributed by atoms with E-state index in [2.05, 4.69) is 0 Å². The molecule has 7 nitrogen and oxygen atoms in total. The molecule has 0 N–H and O–H groups in total. The number of fused-ring (bicyclic) bond motifs is 1. The highest BCUT2D eigenvalue weighted by atomic mass is 35.5. The van der Waals surface area contributed by atoms with E-state index in [1.165, 1.54) is 0 Å². The van der Waals surface area contributed by atoms with Gasteiger partial charge in [0.2, 0.25) is 0 Å². The van der Waals surface area contributed by atoms with Gasteiger partial charge in [-0.25, -0.2) is 4.98 Å². The highest BCUT2D eigenvalue weighted by Crippen LogP contribution is 2.27. The zero-order chi connectivity index (χ0) is 26.5. The molecular formula is C28H27Cl2N3O4. The fourth-order valence-electron chi connectivity index (χ4n) is 4.24. The van der Waals surface area contributed by atoms with Gasteiger partial charge in [-0.2, -0.15) is 0 Å². The van der Waals surface area contributed by atoms with E-state index in [1.54, 1.807) is 84.4 Å². The molecule has 1 unspecified atom stereocenters. The van der Waals surface area contributed by atoms with Gasteiger partial charge in [0, 0.05) is 35.9 Å². The maximum Gasteiger partial charge on any atom is 0.266 e. The average molecular weight is 540 g/mol. The van der Waals surface area contributed by atoms with Crippen LogP contribution in [0.15, 0.2) is 71.5 Å². The molecule has 0 spiro atoms. The Morgan fingerprint density at radius 3 is 2.35 bits per heavy atom. The number of para-hydroxylation sites is 1. The number of rotatable bonds is 9. The number of hydrogen-bond acceptors (Lipinski definition) is 5. The second-order valence-corrected chi connectivity index (χ2v) is 9.38. The van der Waals surface area contributed by atoms with Crippen molar-refractivity contribution in [2.75, 3.05) is 27.4 Å². The number of amides is 1. The number of aromatic nitrogens is 2. The third kappa shape index (κ3) is 5.80. The van der Waals surface area contributed by atoms with Crippen molar-refractivity contribution in [1.29, 1.82) is 0 Å². The van der Waals surface area contributed by atoms with Gasteiger partial charge in [0.1, 0.15) is 11.6 Å². The molecule has 0 radical (unpaired) electrons. The Bertz CT molecular complexity index is 1450. The van der Waals surface area contributed by atoms with Crippen LogP contribution in [0.25, 0.3) is 16.6 Å². The van der Waals surface area contributed by atoms with Crippen LogP contribution in [-0.2, 0) is 4.74 Å². The van der Waals surface area contributed by atoms with Gasteiger partial charge in [-0.05, 0) is 67.9 Å². The predicted octanol–water partition coefficient (Wildman–Crippen LogP) is 5.94. The molecule has 0 saturated heterocycles. The van der Waals surface area contributed by atoms with Crippen molar-refractivity contribution < 1.29 is 14.3 Å². The van der Waals surface area contributed by atoms with Crippen molar-refractivity contribution >= 4 is 40.0 Å². The van der Waals surface area contributed by atoms with Crippen LogP contribution in [0.5, 0.6) is 5.75 Å². The van der Waals surface area contributed by atoms with Crippen molar-refractivity contribution in [3.8, 4) is 11.4 Å². The van der Waals surface area contributed by atoms with Crippen LogP contribution in [0.1, 0.15) is 35.6 Å². The first-order valence-corrected chi connectivity index (χ1v) is 12.5. The molecule has 3 aromatic carbocycles. The van der Waals surface area contributed by atoms with Crippen LogP contribution in [-0.4, -0.2) is 47.7 Å². The van der Waals surface area contributed by atoms with Gasteiger partial charge in [0.05, 0.1) is 29.7 Å². The van der Waals surface area contributed by atoms with Crippen molar-refractivity contribution in [2.24, 2.45) is 0 Å². The maximum absolute atomic E-state index is 13.8. The highest BCUT2D eigenvalue weighted by molar-refractivity contribution is 6.35. The lowest BCUT2D eigenvalue weighted by Crippen LogP contribution is -2.38. The van der Waals surface area contributed by atoms with Gasteiger partial charge in [-0.1, -0.05) is 35.3 Å². The summed E-state index contributed by atoms with van der Waals surface area (Å²) in [5.74, 6) is 0.804. The monoisotopic (exact) mass is 539 g/mol. The molecule has 0 fully saturated rings. The summed E-state index contributed by atoms with van der Waals surface area (Å²) in [6.07, 6.45) is 0.585. The molecular weight excluding hydrogens is 513 g/mol. The number of halogens is 2. The van der Waals surface area contributed by atoms with Crippen molar-refractivity contribution in [1.82, 2.24) is 14.5 Å². The first-order chi connectivity index (χ1) is 17.8. The molecule has 192 valence electrons. The zero-order valence-corrected chi connectivity index (χ0v) is 22.3. The van der Waals surface area contributed by atoms with E-state index in [4.69, 9.17) is 37.7 Å². The molecule has 1 heterocycles. The lowest BCUT2D eigenvalue weighted by atomic mass is 10.1. The Balaban J connectivity index is 1.88. The summed E-state index contributed by atoms with van der Waals surface area (Å²) in [6, 6.07) is 18.5. The van der Waals surface area contributed by atoms with Crippen LogP contribution in [0, 0.1) is 0 Å². The molecule has 0 saturated carbocycles. The van der Waals surface area contributed by atoms with Crippen LogP contribution in [0.4, 0.5) is 0 Å². The maximum atomic E-state index is 13.8. The standard InChI is InChI=1S/C28H27Cl2N3O4/c1-18(32(13-6-14-36-2)27(34)19-15-20(29)17-21(30)16-19)26-31-25-8-5-4-7-24(25)28(35)33(26)22-9-11-23(37-3)12-10-22/h4-5,7-12,15-18H,6,13-14H2,1-3H3. The van der Waals surface area contributed by atoms with Crippen LogP contribution >= 0.6 is 23.2 Å². The summed E-state index contributed by atoms with van der Waals surface area (Å²) in [7, 11) is 3.19. The Hall–Kier alpha value is -3.39. The topological polar surface area (TPSA) is 73.7 Å². The number of hydrogen-bond donors (Lipinski definition) is 0. The molecule has 1 amide bonds. The second-order valence-electron chi connectivity index (χ2n) is 8.50. The van der Waals surface area contributed by atoms with Crippen molar-refractivity contribution in [3.05, 3.63) is 98.5 Å². The first kappa shape index (κ1) is 26.7. The minimum atomic E-state index is -0.582. The molecule has 0 aliphatic carbocycles. The van der Waals surface area contributed by atoms with E-state index in [1.807, 2.05) is 13.0 Å². The lowest BCUT2D eigenvalue weighted by molar-refractivity contribution is 0.0657. The smallest absolute Gasteiger partial charge is 0.266 e. The average Bonchev–Trinajstić information content (AvgIpc) is 2.90. The van der Waals surface area contributed by atoms with E-state index in [0.29, 0.717) is 63.3 Å². The van der Waals surface area contributed by atoms with Crippen molar-refractivity contribution in [2.45, 2.75) is 19.4 Å². The number of methoxy groups -OCH3 is 2. The molecule has 0 bridgehead atoms. The van der Waals surface area contributed by atoms with E-state index in [9.17, 15) is 9.59 Å².